The minimum Gasteiger partial charge on any atom is -0.496 e. The number of para-hydroxylation sites is 2. The van der Waals surface area contributed by atoms with E-state index in [0.717, 1.165) is 76.9 Å². The van der Waals surface area contributed by atoms with Gasteiger partial charge < -0.3 is 36.1 Å². The minimum absolute atomic E-state index is 0.823. The smallest absolute Gasteiger partial charge is 0.123 e. The van der Waals surface area contributed by atoms with Crippen molar-refractivity contribution < 1.29 is 9.47 Å². The van der Waals surface area contributed by atoms with Gasteiger partial charge in [0, 0.05) is 76.6 Å². The van der Waals surface area contributed by atoms with Gasteiger partial charge in [0.15, 0.2) is 0 Å². The van der Waals surface area contributed by atoms with E-state index in [9.17, 15) is 0 Å². The number of rotatable bonds is 18. The van der Waals surface area contributed by atoms with Crippen LogP contribution >= 0.6 is 0 Å². The maximum absolute atomic E-state index is 5.36. The van der Waals surface area contributed by atoms with E-state index >= 15 is 0 Å². The molecule has 0 aliphatic heterocycles. The van der Waals surface area contributed by atoms with Crippen LogP contribution in [-0.2, 0) is 13.1 Å². The molecule has 0 atom stereocenters. The Hall–Kier alpha value is -2.16. The molecule has 7 nitrogen and oxygen atoms in total. The van der Waals surface area contributed by atoms with E-state index in [-0.39, 0.29) is 0 Å². The lowest BCUT2D eigenvalue weighted by Gasteiger charge is -2.11. The number of hydrogen-bond acceptors (Lipinski definition) is 7. The van der Waals surface area contributed by atoms with Crippen LogP contribution < -0.4 is 36.1 Å². The van der Waals surface area contributed by atoms with Crippen LogP contribution in [0.2, 0.25) is 0 Å². The summed E-state index contributed by atoms with van der Waals surface area (Å²) in [5, 5.41) is 17.2. The molecule has 0 saturated heterocycles. The normalized spacial score (nSPS) is 10.9. The molecule has 2 aromatic rings. The van der Waals surface area contributed by atoms with Crippen molar-refractivity contribution in [3.8, 4) is 11.5 Å². The van der Waals surface area contributed by atoms with E-state index in [4.69, 9.17) is 9.47 Å². The molecule has 0 radical (unpaired) electrons. The second kappa shape index (κ2) is 16.5. The second-order valence-electron chi connectivity index (χ2n) is 7.23. The van der Waals surface area contributed by atoms with Crippen LogP contribution in [0.15, 0.2) is 48.5 Å². The zero-order valence-electron chi connectivity index (χ0n) is 19.0. The molecule has 0 aliphatic rings. The largest absolute Gasteiger partial charge is 0.496 e. The van der Waals surface area contributed by atoms with Crippen molar-refractivity contribution in [2.24, 2.45) is 0 Å². The lowest BCUT2D eigenvalue weighted by atomic mass is 10.2. The van der Waals surface area contributed by atoms with Gasteiger partial charge in [0.25, 0.3) is 0 Å². The number of ether oxygens (including phenoxy) is 2. The third-order valence-electron chi connectivity index (χ3n) is 4.93. The number of nitrogens with one attached hydrogen (secondary N) is 5. The summed E-state index contributed by atoms with van der Waals surface area (Å²) in [6, 6.07) is 16.2. The summed E-state index contributed by atoms with van der Waals surface area (Å²) >= 11 is 0. The highest BCUT2D eigenvalue weighted by Crippen LogP contribution is 2.17. The van der Waals surface area contributed by atoms with Crippen molar-refractivity contribution in [3.05, 3.63) is 59.7 Å². The van der Waals surface area contributed by atoms with Crippen LogP contribution in [0.3, 0.4) is 0 Å². The van der Waals surface area contributed by atoms with Gasteiger partial charge in [0.2, 0.25) is 0 Å². The summed E-state index contributed by atoms with van der Waals surface area (Å²) in [7, 11) is 3.42. The van der Waals surface area contributed by atoms with Crippen molar-refractivity contribution >= 4 is 0 Å². The zero-order valence-corrected chi connectivity index (χ0v) is 19.0. The molecule has 0 aliphatic carbocycles. The van der Waals surface area contributed by atoms with Crippen molar-refractivity contribution in [2.75, 3.05) is 66.6 Å². The van der Waals surface area contributed by atoms with E-state index in [1.54, 1.807) is 14.2 Å². The molecule has 7 heteroatoms. The molecule has 2 aromatic carbocycles. The summed E-state index contributed by atoms with van der Waals surface area (Å²) in [4.78, 5) is 0. The van der Waals surface area contributed by atoms with Crippen LogP contribution in [-0.4, -0.2) is 66.6 Å². The minimum atomic E-state index is 0.823. The molecule has 31 heavy (non-hydrogen) atoms. The Labute approximate surface area is 187 Å². The third kappa shape index (κ3) is 10.6. The summed E-state index contributed by atoms with van der Waals surface area (Å²) in [6.45, 7) is 9.30. The van der Waals surface area contributed by atoms with Crippen LogP contribution in [0.4, 0.5) is 0 Å². The maximum atomic E-state index is 5.36. The molecule has 0 amide bonds. The molecule has 0 aromatic heterocycles. The average molecular weight is 430 g/mol. The highest BCUT2D eigenvalue weighted by molar-refractivity contribution is 5.33. The summed E-state index contributed by atoms with van der Waals surface area (Å²) in [6.07, 6.45) is 0. The quantitative estimate of drug-likeness (QED) is 0.229. The van der Waals surface area contributed by atoms with Gasteiger partial charge in [-0.2, -0.15) is 0 Å². The fourth-order valence-electron chi connectivity index (χ4n) is 3.23. The monoisotopic (exact) mass is 429 g/mol. The zero-order chi connectivity index (χ0) is 22.0. The Balaban J connectivity index is 1.34. The van der Waals surface area contributed by atoms with E-state index in [1.807, 2.05) is 36.4 Å². The first kappa shape index (κ1) is 25.1. The lowest BCUT2D eigenvalue weighted by Crippen LogP contribution is -2.36. The standard InChI is InChI=1S/C24H39N5O2/c1-30-23-9-5-3-7-21(23)19-28-17-15-26-13-11-25-12-14-27-16-18-29-20-22-8-4-6-10-24(22)31-2/h3-10,25-29H,11-20H2,1-2H3. The van der Waals surface area contributed by atoms with Crippen molar-refractivity contribution in [2.45, 2.75) is 13.1 Å². The summed E-state index contributed by atoms with van der Waals surface area (Å²) in [5.74, 6) is 1.88. The van der Waals surface area contributed by atoms with E-state index in [2.05, 4.69) is 38.7 Å². The fourth-order valence-corrected chi connectivity index (χ4v) is 3.23. The fraction of sp³-hybridized carbons (Fsp3) is 0.500. The maximum Gasteiger partial charge on any atom is 0.123 e. The molecule has 0 bridgehead atoms. The first-order chi connectivity index (χ1) is 15.3. The predicted molar refractivity (Wildman–Crippen MR) is 128 cm³/mol. The predicted octanol–water partition coefficient (Wildman–Crippen LogP) is 1.35. The molecular formula is C24H39N5O2. The van der Waals surface area contributed by atoms with Crippen LogP contribution in [0, 0.1) is 0 Å². The Morgan fingerprint density at radius 2 is 0.806 bits per heavy atom. The Morgan fingerprint density at radius 3 is 1.16 bits per heavy atom. The number of methoxy groups -OCH3 is 2. The van der Waals surface area contributed by atoms with E-state index < -0.39 is 0 Å². The number of hydrogen-bond donors (Lipinski definition) is 5. The molecule has 172 valence electrons. The van der Waals surface area contributed by atoms with Crippen molar-refractivity contribution in [1.82, 2.24) is 26.6 Å². The second-order valence-corrected chi connectivity index (χ2v) is 7.23. The van der Waals surface area contributed by atoms with Gasteiger partial charge in [-0.3, -0.25) is 0 Å². The Kier molecular flexibility index (Phi) is 13.4. The van der Waals surface area contributed by atoms with E-state index in [1.165, 1.54) is 11.1 Å². The highest BCUT2D eigenvalue weighted by atomic mass is 16.5. The van der Waals surface area contributed by atoms with Gasteiger partial charge in [0.05, 0.1) is 14.2 Å². The molecule has 5 N–H and O–H groups in total. The third-order valence-corrected chi connectivity index (χ3v) is 4.93. The first-order valence-corrected chi connectivity index (χ1v) is 11.1. The topological polar surface area (TPSA) is 78.6 Å². The van der Waals surface area contributed by atoms with Gasteiger partial charge in [0.1, 0.15) is 11.5 Å². The Morgan fingerprint density at radius 1 is 0.484 bits per heavy atom. The molecule has 0 saturated carbocycles. The average Bonchev–Trinajstić information content (AvgIpc) is 2.82. The van der Waals surface area contributed by atoms with Gasteiger partial charge in [-0.25, -0.2) is 0 Å². The van der Waals surface area contributed by atoms with Gasteiger partial charge >= 0.3 is 0 Å². The number of benzene rings is 2. The Bertz CT molecular complexity index is 654. The van der Waals surface area contributed by atoms with E-state index in [0.29, 0.717) is 0 Å². The van der Waals surface area contributed by atoms with Gasteiger partial charge in [-0.1, -0.05) is 36.4 Å². The van der Waals surface area contributed by atoms with Crippen LogP contribution in [0.25, 0.3) is 0 Å². The van der Waals surface area contributed by atoms with Crippen LogP contribution in [0.1, 0.15) is 11.1 Å². The lowest BCUT2D eigenvalue weighted by molar-refractivity contribution is 0.407. The summed E-state index contributed by atoms with van der Waals surface area (Å²) < 4.78 is 10.7. The molecule has 0 unspecified atom stereocenters. The molecular weight excluding hydrogens is 390 g/mol. The summed E-state index contributed by atoms with van der Waals surface area (Å²) in [5.41, 5.74) is 2.38. The first-order valence-electron chi connectivity index (χ1n) is 11.1. The van der Waals surface area contributed by atoms with Gasteiger partial charge in [-0.05, 0) is 12.1 Å². The van der Waals surface area contributed by atoms with Gasteiger partial charge in [-0.15, -0.1) is 0 Å². The molecule has 0 fully saturated rings. The molecule has 0 spiro atoms. The van der Waals surface area contributed by atoms with Crippen molar-refractivity contribution in [1.29, 1.82) is 0 Å². The highest BCUT2D eigenvalue weighted by Gasteiger charge is 2.01. The van der Waals surface area contributed by atoms with Crippen LogP contribution in [0.5, 0.6) is 11.5 Å². The van der Waals surface area contributed by atoms with Crippen molar-refractivity contribution in [3.63, 3.8) is 0 Å². The molecule has 2 rings (SSSR count). The molecule has 0 heterocycles. The SMILES string of the molecule is COc1ccccc1CNCCNCCNCCNCCNCc1ccccc1OC.